The van der Waals surface area contributed by atoms with Crippen LogP contribution in [-0.4, -0.2) is 61.0 Å². The second-order valence-electron chi connectivity index (χ2n) is 10.9. The highest BCUT2D eigenvalue weighted by Crippen LogP contribution is 2.45. The molecule has 0 radical (unpaired) electrons. The lowest BCUT2D eigenvalue weighted by molar-refractivity contribution is -0.144. The smallest absolute Gasteiger partial charge is 0.262 e. The van der Waals surface area contributed by atoms with Gasteiger partial charge in [-0.1, -0.05) is 47.5 Å². The number of piperazine rings is 1. The van der Waals surface area contributed by atoms with Gasteiger partial charge in [0, 0.05) is 54.8 Å². The second kappa shape index (κ2) is 12.5. The summed E-state index contributed by atoms with van der Waals surface area (Å²) in [7, 11) is 1.60. The summed E-state index contributed by atoms with van der Waals surface area (Å²) >= 11 is 12.5. The molecule has 2 fully saturated rings. The highest BCUT2D eigenvalue weighted by Gasteiger charge is 2.54. The second-order valence-corrected chi connectivity index (χ2v) is 11.8. The molecule has 0 aromatic heterocycles. The third kappa shape index (κ3) is 6.08. The Hall–Kier alpha value is -3.30. The van der Waals surface area contributed by atoms with Gasteiger partial charge in [-0.05, 0) is 61.4 Å². The molecule has 222 valence electrons. The van der Waals surface area contributed by atoms with Gasteiger partial charge in [-0.15, -0.1) is 0 Å². The summed E-state index contributed by atoms with van der Waals surface area (Å²) in [6.45, 7) is 7.21. The van der Waals surface area contributed by atoms with Gasteiger partial charge in [-0.3, -0.25) is 20.2 Å². The maximum Gasteiger partial charge on any atom is 0.262 e. The van der Waals surface area contributed by atoms with Crippen LogP contribution in [0, 0.1) is 0 Å². The molecular formula is C32H36Cl2N4O4. The van der Waals surface area contributed by atoms with E-state index in [-0.39, 0.29) is 30.0 Å². The number of nitrogens with zero attached hydrogens (tertiary/aromatic N) is 2. The quantitative estimate of drug-likeness (QED) is 0.377. The monoisotopic (exact) mass is 610 g/mol. The van der Waals surface area contributed by atoms with Crippen molar-refractivity contribution in [3.8, 4) is 11.5 Å². The summed E-state index contributed by atoms with van der Waals surface area (Å²) in [5.41, 5.74) is 1.20. The average molecular weight is 612 g/mol. The van der Waals surface area contributed by atoms with E-state index in [1.807, 2.05) is 85.5 Å². The predicted molar refractivity (Wildman–Crippen MR) is 164 cm³/mol. The first-order valence-electron chi connectivity index (χ1n) is 14.1. The maximum absolute atomic E-state index is 14.8. The van der Waals surface area contributed by atoms with E-state index in [2.05, 4.69) is 10.6 Å². The minimum atomic E-state index is -1.37. The third-order valence-electron chi connectivity index (χ3n) is 7.82. The van der Waals surface area contributed by atoms with Gasteiger partial charge in [0.1, 0.15) is 11.5 Å². The first-order valence-corrected chi connectivity index (χ1v) is 14.8. The topological polar surface area (TPSA) is 83.1 Å². The molecule has 8 nitrogen and oxygen atoms in total. The van der Waals surface area contributed by atoms with Gasteiger partial charge in [0.05, 0.1) is 25.3 Å². The summed E-state index contributed by atoms with van der Waals surface area (Å²) < 4.78 is 11.8. The Morgan fingerprint density at radius 1 is 0.833 bits per heavy atom. The lowest BCUT2D eigenvalue weighted by Crippen LogP contribution is -2.62. The number of halogens is 2. The molecular weight excluding hydrogens is 575 g/mol. The van der Waals surface area contributed by atoms with Crippen molar-refractivity contribution in [1.29, 1.82) is 0 Å². The van der Waals surface area contributed by atoms with E-state index >= 15 is 0 Å². The largest absolute Gasteiger partial charge is 0.497 e. The molecule has 2 unspecified atom stereocenters. The summed E-state index contributed by atoms with van der Waals surface area (Å²) in [5, 5.41) is 8.70. The zero-order valence-corrected chi connectivity index (χ0v) is 25.7. The Bertz CT molecular complexity index is 1370. The van der Waals surface area contributed by atoms with Crippen molar-refractivity contribution in [3.05, 3.63) is 93.5 Å². The molecule has 3 aromatic rings. The standard InChI is InChI=1S/C32H36Cl2N4O4/c1-20(2)42-28-19-26(41-4)13-14-27(28)32(31(40)38-17-15-37(16-18-38)21(3)39)35-29(22-5-9-24(33)10-6-22)30(36-32)23-7-11-25(34)12-8-23/h5-14,19-20,29-30,35-36H,15-18H2,1-4H3. The fourth-order valence-corrected chi connectivity index (χ4v) is 5.97. The molecule has 2 atom stereocenters. The molecule has 0 spiro atoms. The van der Waals surface area contributed by atoms with Crippen LogP contribution < -0.4 is 20.1 Å². The molecule has 5 rings (SSSR count). The van der Waals surface area contributed by atoms with Crippen LogP contribution in [0.5, 0.6) is 11.5 Å². The van der Waals surface area contributed by atoms with Crippen molar-refractivity contribution in [3.63, 3.8) is 0 Å². The van der Waals surface area contributed by atoms with Crippen molar-refractivity contribution in [2.24, 2.45) is 0 Å². The van der Waals surface area contributed by atoms with Crippen molar-refractivity contribution in [2.45, 2.75) is 44.6 Å². The number of rotatable bonds is 7. The van der Waals surface area contributed by atoms with E-state index in [0.29, 0.717) is 53.3 Å². The lowest BCUT2D eigenvalue weighted by Gasteiger charge is -2.40. The van der Waals surface area contributed by atoms with Gasteiger partial charge >= 0.3 is 0 Å². The number of hydrogen-bond donors (Lipinski definition) is 2. The van der Waals surface area contributed by atoms with Gasteiger partial charge in [0.15, 0.2) is 5.66 Å². The number of benzene rings is 3. The molecule has 0 saturated carbocycles. The zero-order chi connectivity index (χ0) is 30.0. The number of methoxy groups -OCH3 is 1. The van der Waals surface area contributed by atoms with Crippen LogP contribution in [0.4, 0.5) is 0 Å². The van der Waals surface area contributed by atoms with Crippen molar-refractivity contribution in [1.82, 2.24) is 20.4 Å². The van der Waals surface area contributed by atoms with Crippen LogP contribution in [0.3, 0.4) is 0 Å². The van der Waals surface area contributed by atoms with Crippen LogP contribution in [0.25, 0.3) is 0 Å². The fourth-order valence-electron chi connectivity index (χ4n) is 5.71. The third-order valence-corrected chi connectivity index (χ3v) is 8.33. The van der Waals surface area contributed by atoms with Crippen molar-refractivity contribution >= 4 is 35.0 Å². The summed E-state index contributed by atoms with van der Waals surface area (Å²) in [6.07, 6.45) is -0.150. The van der Waals surface area contributed by atoms with Crippen LogP contribution in [0.2, 0.25) is 10.0 Å². The van der Waals surface area contributed by atoms with E-state index in [0.717, 1.165) is 11.1 Å². The number of hydrogen-bond acceptors (Lipinski definition) is 6. The van der Waals surface area contributed by atoms with Crippen molar-refractivity contribution < 1.29 is 19.1 Å². The summed E-state index contributed by atoms with van der Waals surface area (Å²) in [5.74, 6) is 1.00. The summed E-state index contributed by atoms with van der Waals surface area (Å²) in [4.78, 5) is 30.4. The minimum Gasteiger partial charge on any atom is -0.497 e. The SMILES string of the molecule is COc1ccc(C2(C(=O)N3CCN(C(C)=O)CC3)NC(c3ccc(Cl)cc3)C(c3ccc(Cl)cc3)N2)c(OC(C)C)c1. The van der Waals surface area contributed by atoms with Gasteiger partial charge in [-0.2, -0.15) is 0 Å². The first-order chi connectivity index (χ1) is 20.1. The van der Waals surface area contributed by atoms with Crippen molar-refractivity contribution in [2.75, 3.05) is 33.3 Å². The first kappa shape index (κ1) is 30.2. The van der Waals surface area contributed by atoms with Crippen LogP contribution in [0.15, 0.2) is 66.7 Å². The zero-order valence-electron chi connectivity index (χ0n) is 24.2. The predicted octanol–water partition coefficient (Wildman–Crippen LogP) is 5.31. The molecule has 3 aromatic carbocycles. The minimum absolute atomic E-state index is 0.00214. The molecule has 0 aliphatic carbocycles. The maximum atomic E-state index is 14.8. The molecule has 2 heterocycles. The van der Waals surface area contributed by atoms with E-state index in [9.17, 15) is 9.59 Å². The van der Waals surface area contributed by atoms with Crippen LogP contribution >= 0.6 is 23.2 Å². The lowest BCUT2D eigenvalue weighted by atomic mass is 9.95. The van der Waals surface area contributed by atoms with Gasteiger partial charge in [0.2, 0.25) is 5.91 Å². The Morgan fingerprint density at radius 3 is 1.79 bits per heavy atom. The van der Waals surface area contributed by atoms with E-state index in [4.69, 9.17) is 32.7 Å². The molecule has 2 N–H and O–H groups in total. The molecule has 42 heavy (non-hydrogen) atoms. The van der Waals surface area contributed by atoms with Gasteiger partial charge < -0.3 is 19.3 Å². The molecule has 2 saturated heterocycles. The number of amides is 2. The number of carbonyl (C=O) groups excluding carboxylic acids is 2. The normalized spacial score (nSPS) is 22.4. The van der Waals surface area contributed by atoms with Crippen LogP contribution in [0.1, 0.15) is 49.5 Å². The Balaban J connectivity index is 1.66. The van der Waals surface area contributed by atoms with Gasteiger partial charge in [-0.25, -0.2) is 0 Å². The molecule has 2 aliphatic rings. The summed E-state index contributed by atoms with van der Waals surface area (Å²) in [6, 6.07) is 20.2. The molecule has 2 aliphatic heterocycles. The van der Waals surface area contributed by atoms with Gasteiger partial charge in [0.25, 0.3) is 5.91 Å². The molecule has 2 amide bonds. The Labute approximate surface area is 256 Å². The van der Waals surface area contributed by atoms with E-state index in [1.54, 1.807) is 18.9 Å². The average Bonchev–Trinajstić information content (AvgIpc) is 3.39. The molecule has 0 bridgehead atoms. The van der Waals surface area contributed by atoms with E-state index < -0.39 is 5.66 Å². The van der Waals surface area contributed by atoms with E-state index in [1.165, 1.54) is 0 Å². The highest BCUT2D eigenvalue weighted by molar-refractivity contribution is 6.30. The Kier molecular flexibility index (Phi) is 8.99. The number of carbonyl (C=O) groups is 2. The number of nitrogens with one attached hydrogen (secondary N) is 2. The molecule has 10 heteroatoms. The number of ether oxygens (including phenoxy) is 2. The highest BCUT2D eigenvalue weighted by atomic mass is 35.5. The van der Waals surface area contributed by atoms with Crippen LogP contribution in [-0.2, 0) is 15.3 Å². The fraction of sp³-hybridized carbons (Fsp3) is 0.375. The Morgan fingerprint density at radius 2 is 1.33 bits per heavy atom.